The average Bonchev–Trinajstić information content (AvgIpc) is 2.28. The molecule has 0 bridgehead atoms. The molecule has 0 aliphatic rings. The lowest BCUT2D eigenvalue weighted by atomic mass is 10.00. The smallest absolute Gasteiger partial charge is 0.417 e. The van der Waals surface area contributed by atoms with E-state index in [1.807, 2.05) is 0 Å². The number of hydrogen-bond acceptors (Lipinski definition) is 2. The van der Waals surface area contributed by atoms with Gasteiger partial charge in [-0.2, -0.15) is 13.2 Å². The van der Waals surface area contributed by atoms with Gasteiger partial charge >= 0.3 is 6.18 Å². The Morgan fingerprint density at radius 2 is 1.82 bits per heavy atom. The third-order valence-corrected chi connectivity index (χ3v) is 2.30. The first-order chi connectivity index (χ1) is 8.00. The Morgan fingerprint density at radius 3 is 2.41 bits per heavy atom. The molecule has 0 saturated carbocycles. The van der Waals surface area contributed by atoms with Gasteiger partial charge in [-0.15, -0.1) is 0 Å². The third-order valence-electron chi connectivity index (χ3n) is 2.30. The van der Waals surface area contributed by atoms with Gasteiger partial charge in [0.2, 0.25) is 0 Å². The normalized spacial score (nSPS) is 11.5. The van der Waals surface area contributed by atoms with Crippen LogP contribution in [0.3, 0.4) is 0 Å². The number of pyridine rings is 1. The van der Waals surface area contributed by atoms with E-state index in [4.69, 9.17) is 0 Å². The lowest BCUT2D eigenvalue weighted by Crippen LogP contribution is -2.07. The largest absolute Gasteiger partial charge is 0.507 e. The highest BCUT2D eigenvalue weighted by atomic mass is 19.4. The van der Waals surface area contributed by atoms with Crippen LogP contribution in [0.25, 0.3) is 11.1 Å². The van der Waals surface area contributed by atoms with Crippen LogP contribution in [0.15, 0.2) is 42.7 Å². The molecule has 0 spiro atoms. The van der Waals surface area contributed by atoms with E-state index in [0.29, 0.717) is 0 Å². The van der Waals surface area contributed by atoms with Crippen molar-refractivity contribution >= 4 is 0 Å². The molecule has 1 aromatic heterocycles. The van der Waals surface area contributed by atoms with Crippen molar-refractivity contribution in [1.29, 1.82) is 0 Å². The minimum atomic E-state index is -4.51. The number of phenols is 1. The molecule has 0 unspecified atom stereocenters. The first-order valence-electron chi connectivity index (χ1n) is 4.79. The van der Waals surface area contributed by atoms with Crippen molar-refractivity contribution in [2.24, 2.45) is 0 Å². The number of benzene rings is 1. The number of aromatic hydroxyl groups is 1. The number of phenolic OH excluding ortho intramolecular Hbond substituents is 1. The van der Waals surface area contributed by atoms with E-state index in [2.05, 4.69) is 4.98 Å². The fourth-order valence-corrected chi connectivity index (χ4v) is 1.59. The van der Waals surface area contributed by atoms with Gasteiger partial charge in [0.15, 0.2) is 0 Å². The zero-order valence-electron chi connectivity index (χ0n) is 8.57. The van der Waals surface area contributed by atoms with Crippen LogP contribution in [-0.2, 0) is 6.18 Å². The Kier molecular flexibility index (Phi) is 2.75. The molecule has 5 heteroatoms. The third kappa shape index (κ3) is 2.22. The van der Waals surface area contributed by atoms with E-state index in [0.717, 1.165) is 12.1 Å². The zero-order valence-corrected chi connectivity index (χ0v) is 8.57. The quantitative estimate of drug-likeness (QED) is 0.826. The van der Waals surface area contributed by atoms with Gasteiger partial charge in [0.1, 0.15) is 5.75 Å². The van der Waals surface area contributed by atoms with Crippen molar-refractivity contribution in [2.75, 3.05) is 0 Å². The standard InChI is InChI=1S/C12H8F3NO/c13-12(14,15)9-4-1-5-10(17)11(9)8-3-2-6-16-7-8/h1-7,17H. The molecular formula is C12H8F3NO. The topological polar surface area (TPSA) is 33.1 Å². The highest BCUT2D eigenvalue weighted by Gasteiger charge is 2.34. The number of hydrogen-bond donors (Lipinski definition) is 1. The summed E-state index contributed by atoms with van der Waals surface area (Å²) in [5, 5.41) is 9.58. The molecule has 88 valence electrons. The number of aromatic nitrogens is 1. The molecule has 1 N–H and O–H groups in total. The number of alkyl halides is 3. The van der Waals surface area contributed by atoms with E-state index < -0.39 is 17.5 Å². The summed E-state index contributed by atoms with van der Waals surface area (Å²) in [6.07, 6.45) is -1.77. The summed E-state index contributed by atoms with van der Waals surface area (Å²) in [5.74, 6) is -0.409. The minimum Gasteiger partial charge on any atom is -0.507 e. The Labute approximate surface area is 95.4 Å². The maximum atomic E-state index is 12.8. The molecule has 0 radical (unpaired) electrons. The Bertz CT molecular complexity index is 523. The van der Waals surface area contributed by atoms with Crippen molar-refractivity contribution in [2.45, 2.75) is 6.18 Å². The fraction of sp³-hybridized carbons (Fsp3) is 0.0833. The molecule has 1 heterocycles. The van der Waals surface area contributed by atoms with Gasteiger partial charge in [0.25, 0.3) is 0 Å². The molecule has 0 atom stereocenters. The Balaban J connectivity index is 2.69. The van der Waals surface area contributed by atoms with Crippen molar-refractivity contribution in [3.05, 3.63) is 48.3 Å². The van der Waals surface area contributed by atoms with Crippen molar-refractivity contribution < 1.29 is 18.3 Å². The van der Waals surface area contributed by atoms with Gasteiger partial charge in [-0.3, -0.25) is 4.98 Å². The molecule has 1 aromatic carbocycles. The van der Waals surface area contributed by atoms with Gasteiger partial charge in [-0.25, -0.2) is 0 Å². The summed E-state index contributed by atoms with van der Waals surface area (Å²) in [7, 11) is 0. The Morgan fingerprint density at radius 1 is 1.06 bits per heavy atom. The predicted molar refractivity (Wildman–Crippen MR) is 56.3 cm³/mol. The molecule has 2 rings (SSSR count). The second kappa shape index (κ2) is 4.08. The maximum Gasteiger partial charge on any atom is 0.417 e. The summed E-state index contributed by atoms with van der Waals surface area (Å²) in [6.45, 7) is 0. The van der Waals surface area contributed by atoms with Gasteiger partial charge in [-0.1, -0.05) is 12.1 Å². The molecule has 2 aromatic rings. The Hall–Kier alpha value is -2.04. The van der Waals surface area contributed by atoms with Gasteiger partial charge in [0.05, 0.1) is 5.56 Å². The lowest BCUT2D eigenvalue weighted by Gasteiger charge is -2.13. The van der Waals surface area contributed by atoms with Crippen molar-refractivity contribution in [3.8, 4) is 16.9 Å². The summed E-state index contributed by atoms with van der Waals surface area (Å²) in [6, 6.07) is 6.30. The molecule has 17 heavy (non-hydrogen) atoms. The summed E-state index contributed by atoms with van der Waals surface area (Å²) < 4.78 is 38.3. The molecular weight excluding hydrogens is 231 g/mol. The summed E-state index contributed by atoms with van der Waals surface area (Å²) in [4.78, 5) is 3.75. The van der Waals surface area contributed by atoms with Crippen LogP contribution in [-0.4, -0.2) is 10.1 Å². The van der Waals surface area contributed by atoms with Gasteiger partial charge in [0, 0.05) is 23.5 Å². The molecule has 0 fully saturated rings. The van der Waals surface area contributed by atoms with Crippen LogP contribution >= 0.6 is 0 Å². The van der Waals surface area contributed by atoms with Crippen LogP contribution < -0.4 is 0 Å². The first-order valence-corrected chi connectivity index (χ1v) is 4.79. The SMILES string of the molecule is Oc1cccc(C(F)(F)F)c1-c1cccnc1. The lowest BCUT2D eigenvalue weighted by molar-refractivity contribution is -0.137. The van der Waals surface area contributed by atoms with Crippen molar-refractivity contribution in [1.82, 2.24) is 4.98 Å². The number of nitrogens with zero attached hydrogens (tertiary/aromatic N) is 1. The molecule has 0 aliphatic carbocycles. The van der Waals surface area contributed by atoms with Crippen LogP contribution in [0.1, 0.15) is 5.56 Å². The van der Waals surface area contributed by atoms with Gasteiger partial charge < -0.3 is 5.11 Å². The van der Waals surface area contributed by atoms with Gasteiger partial charge in [-0.05, 0) is 18.2 Å². The highest BCUT2D eigenvalue weighted by Crippen LogP contribution is 2.41. The van der Waals surface area contributed by atoms with E-state index in [1.165, 1.54) is 30.6 Å². The maximum absolute atomic E-state index is 12.8. The minimum absolute atomic E-state index is 0.234. The van der Waals surface area contributed by atoms with Crippen molar-refractivity contribution in [3.63, 3.8) is 0 Å². The van der Waals surface area contributed by atoms with Crippen LogP contribution in [0.5, 0.6) is 5.75 Å². The monoisotopic (exact) mass is 239 g/mol. The zero-order chi connectivity index (χ0) is 12.5. The highest BCUT2D eigenvalue weighted by molar-refractivity contribution is 5.73. The van der Waals surface area contributed by atoms with Crippen LogP contribution in [0.4, 0.5) is 13.2 Å². The fourth-order valence-electron chi connectivity index (χ4n) is 1.59. The second-order valence-electron chi connectivity index (χ2n) is 3.44. The van der Waals surface area contributed by atoms with E-state index in [9.17, 15) is 18.3 Å². The molecule has 0 amide bonds. The predicted octanol–water partition coefficient (Wildman–Crippen LogP) is 3.47. The first kappa shape index (κ1) is 11.4. The average molecular weight is 239 g/mol. The molecule has 2 nitrogen and oxygen atoms in total. The van der Waals surface area contributed by atoms with Crippen LogP contribution in [0.2, 0.25) is 0 Å². The number of halogens is 3. The molecule has 0 saturated heterocycles. The van der Waals surface area contributed by atoms with E-state index in [1.54, 1.807) is 0 Å². The van der Waals surface area contributed by atoms with Crippen LogP contribution in [0, 0.1) is 0 Å². The molecule has 0 aliphatic heterocycles. The van der Waals surface area contributed by atoms with E-state index >= 15 is 0 Å². The number of rotatable bonds is 1. The second-order valence-corrected chi connectivity index (χ2v) is 3.44. The summed E-state index contributed by atoms with van der Waals surface area (Å²) >= 11 is 0. The van der Waals surface area contributed by atoms with E-state index in [-0.39, 0.29) is 11.1 Å². The summed E-state index contributed by atoms with van der Waals surface area (Å²) in [5.41, 5.74) is -0.878.